The van der Waals surface area contributed by atoms with Crippen LogP contribution >= 0.6 is 0 Å². The first-order valence-electron chi connectivity index (χ1n) is 6.62. The molecule has 20 heavy (non-hydrogen) atoms. The van der Waals surface area contributed by atoms with E-state index in [0.717, 1.165) is 5.69 Å². The van der Waals surface area contributed by atoms with Gasteiger partial charge in [-0.1, -0.05) is 13.8 Å². The van der Waals surface area contributed by atoms with E-state index in [4.69, 9.17) is 15.6 Å². The molecule has 0 aliphatic carbocycles. The van der Waals surface area contributed by atoms with Gasteiger partial charge >= 0.3 is 0 Å². The van der Waals surface area contributed by atoms with Crippen LogP contribution in [0.2, 0.25) is 0 Å². The number of carbonyl (C=O) groups excluding carboxylic acids is 1. The predicted molar refractivity (Wildman–Crippen MR) is 79.0 cm³/mol. The number of aliphatic hydroxyl groups is 1. The summed E-state index contributed by atoms with van der Waals surface area (Å²) >= 11 is 0. The SMILES string of the molecule is CC(C)(CCO)CNc1cc2c(cc1N)OCC(=O)N2. The quantitative estimate of drug-likeness (QED) is 0.611. The number of aliphatic hydroxyl groups excluding tert-OH is 1. The summed E-state index contributed by atoms with van der Waals surface area (Å²) in [6.45, 7) is 4.97. The lowest BCUT2D eigenvalue weighted by Crippen LogP contribution is -2.27. The van der Waals surface area contributed by atoms with Crippen molar-refractivity contribution in [3.63, 3.8) is 0 Å². The number of ether oxygens (including phenoxy) is 1. The molecule has 0 spiro atoms. The van der Waals surface area contributed by atoms with Crippen molar-refractivity contribution in [3.8, 4) is 5.75 Å². The van der Waals surface area contributed by atoms with Crippen LogP contribution in [0.1, 0.15) is 20.3 Å². The van der Waals surface area contributed by atoms with E-state index in [2.05, 4.69) is 24.5 Å². The van der Waals surface area contributed by atoms with Gasteiger partial charge in [-0.3, -0.25) is 4.79 Å². The monoisotopic (exact) mass is 279 g/mol. The lowest BCUT2D eigenvalue weighted by Gasteiger charge is -2.26. The van der Waals surface area contributed by atoms with E-state index < -0.39 is 0 Å². The Morgan fingerprint density at radius 1 is 1.50 bits per heavy atom. The van der Waals surface area contributed by atoms with Crippen LogP contribution < -0.4 is 21.1 Å². The first-order valence-corrected chi connectivity index (χ1v) is 6.62. The number of nitrogen functional groups attached to an aromatic ring is 1. The number of anilines is 3. The van der Waals surface area contributed by atoms with Gasteiger partial charge in [0, 0.05) is 19.2 Å². The maximum Gasteiger partial charge on any atom is 0.262 e. The normalized spacial score (nSPS) is 14.2. The van der Waals surface area contributed by atoms with Gasteiger partial charge in [0.2, 0.25) is 0 Å². The fraction of sp³-hybridized carbons (Fsp3) is 0.500. The molecule has 1 aliphatic rings. The van der Waals surface area contributed by atoms with E-state index in [-0.39, 0.29) is 24.5 Å². The average Bonchev–Trinajstić information content (AvgIpc) is 2.37. The third-order valence-corrected chi connectivity index (χ3v) is 3.33. The number of hydrogen-bond donors (Lipinski definition) is 4. The summed E-state index contributed by atoms with van der Waals surface area (Å²) in [6.07, 6.45) is 0.699. The minimum atomic E-state index is -0.172. The molecule has 5 N–H and O–H groups in total. The predicted octanol–water partition coefficient (Wildman–Crippen LogP) is 1.42. The van der Waals surface area contributed by atoms with Gasteiger partial charge in [0.1, 0.15) is 5.75 Å². The molecular formula is C14H21N3O3. The number of nitrogens with one attached hydrogen (secondary N) is 2. The highest BCUT2D eigenvalue weighted by atomic mass is 16.5. The molecule has 0 saturated heterocycles. The maximum absolute atomic E-state index is 11.3. The van der Waals surface area contributed by atoms with Crippen molar-refractivity contribution in [2.75, 3.05) is 36.1 Å². The molecule has 0 bridgehead atoms. The van der Waals surface area contributed by atoms with Crippen molar-refractivity contribution < 1.29 is 14.6 Å². The molecule has 0 radical (unpaired) electrons. The molecule has 0 fully saturated rings. The van der Waals surface area contributed by atoms with Crippen LogP contribution in [-0.2, 0) is 4.79 Å². The molecule has 0 atom stereocenters. The van der Waals surface area contributed by atoms with Crippen molar-refractivity contribution in [2.45, 2.75) is 20.3 Å². The Hall–Kier alpha value is -1.95. The fourth-order valence-electron chi connectivity index (χ4n) is 2.02. The van der Waals surface area contributed by atoms with Crippen molar-refractivity contribution >= 4 is 23.0 Å². The summed E-state index contributed by atoms with van der Waals surface area (Å²) in [5.74, 6) is 0.413. The second-order valence-electron chi connectivity index (χ2n) is 5.76. The zero-order valence-corrected chi connectivity index (χ0v) is 11.8. The minimum absolute atomic E-state index is 0.0166. The Morgan fingerprint density at radius 2 is 2.25 bits per heavy atom. The number of rotatable bonds is 5. The van der Waals surface area contributed by atoms with E-state index in [0.29, 0.717) is 30.1 Å². The molecule has 1 aromatic carbocycles. The number of fused-ring (bicyclic) bond motifs is 1. The molecule has 1 heterocycles. The van der Waals surface area contributed by atoms with Gasteiger partial charge in [0.25, 0.3) is 5.91 Å². The molecule has 0 saturated carbocycles. The topological polar surface area (TPSA) is 96.6 Å². The first kappa shape index (κ1) is 14.5. The highest BCUT2D eigenvalue weighted by Crippen LogP contribution is 2.35. The van der Waals surface area contributed by atoms with E-state index in [1.54, 1.807) is 12.1 Å². The molecule has 110 valence electrons. The van der Waals surface area contributed by atoms with Crippen molar-refractivity contribution in [1.82, 2.24) is 0 Å². The molecule has 6 heteroatoms. The molecule has 0 unspecified atom stereocenters. The van der Waals surface area contributed by atoms with Crippen molar-refractivity contribution in [2.24, 2.45) is 5.41 Å². The van der Waals surface area contributed by atoms with Gasteiger partial charge in [0.05, 0.1) is 17.1 Å². The van der Waals surface area contributed by atoms with E-state index in [9.17, 15) is 4.79 Å². The summed E-state index contributed by atoms with van der Waals surface area (Å²) in [6, 6.07) is 3.48. The molecule has 1 aliphatic heterocycles. The van der Waals surface area contributed by atoms with Crippen LogP contribution in [0.3, 0.4) is 0 Å². The van der Waals surface area contributed by atoms with E-state index in [1.807, 2.05) is 0 Å². The molecule has 0 aromatic heterocycles. The summed E-state index contributed by atoms with van der Waals surface area (Å²) in [4.78, 5) is 11.3. The van der Waals surface area contributed by atoms with Crippen LogP contribution in [0.5, 0.6) is 5.75 Å². The lowest BCUT2D eigenvalue weighted by atomic mass is 9.89. The zero-order valence-electron chi connectivity index (χ0n) is 11.8. The molecule has 6 nitrogen and oxygen atoms in total. The Morgan fingerprint density at radius 3 is 2.95 bits per heavy atom. The summed E-state index contributed by atoms with van der Waals surface area (Å²) in [5.41, 5.74) is 7.88. The number of carbonyl (C=O) groups is 1. The van der Waals surface area contributed by atoms with Gasteiger partial charge in [-0.15, -0.1) is 0 Å². The number of hydrogen-bond acceptors (Lipinski definition) is 5. The van der Waals surface area contributed by atoms with Gasteiger partial charge < -0.3 is 26.2 Å². The third kappa shape index (κ3) is 3.33. The van der Waals surface area contributed by atoms with Gasteiger partial charge in [0.15, 0.2) is 6.61 Å². The molecule has 2 rings (SSSR count). The Labute approximate surface area is 118 Å². The maximum atomic E-state index is 11.3. The third-order valence-electron chi connectivity index (χ3n) is 3.33. The summed E-state index contributed by atoms with van der Waals surface area (Å²) in [5, 5.41) is 15.0. The van der Waals surface area contributed by atoms with Gasteiger partial charge in [-0.05, 0) is 17.9 Å². The Balaban J connectivity index is 2.12. The molecular weight excluding hydrogens is 258 g/mol. The number of nitrogens with two attached hydrogens (primary N) is 1. The van der Waals surface area contributed by atoms with Crippen LogP contribution in [0.15, 0.2) is 12.1 Å². The Bertz CT molecular complexity index is 515. The standard InChI is InChI=1S/C14H21N3O3/c1-14(2,3-4-18)8-16-10-6-11-12(5-9(10)15)20-7-13(19)17-11/h5-6,16,18H,3-4,7-8,15H2,1-2H3,(H,17,19). The smallest absolute Gasteiger partial charge is 0.262 e. The van der Waals surface area contributed by atoms with Crippen molar-refractivity contribution in [1.29, 1.82) is 0 Å². The van der Waals surface area contributed by atoms with Crippen LogP contribution in [0.25, 0.3) is 0 Å². The molecule has 1 aromatic rings. The average molecular weight is 279 g/mol. The van der Waals surface area contributed by atoms with Gasteiger partial charge in [-0.2, -0.15) is 0 Å². The highest BCUT2D eigenvalue weighted by molar-refractivity contribution is 5.97. The largest absolute Gasteiger partial charge is 0.482 e. The highest BCUT2D eigenvalue weighted by Gasteiger charge is 2.20. The Kier molecular flexibility index (Phi) is 4.04. The first-order chi connectivity index (χ1) is 9.41. The zero-order chi connectivity index (χ0) is 14.8. The second kappa shape index (κ2) is 5.58. The van der Waals surface area contributed by atoms with Crippen molar-refractivity contribution in [3.05, 3.63) is 12.1 Å². The van der Waals surface area contributed by atoms with Crippen LogP contribution in [0, 0.1) is 5.41 Å². The second-order valence-corrected chi connectivity index (χ2v) is 5.76. The fourth-order valence-corrected chi connectivity index (χ4v) is 2.02. The van der Waals surface area contributed by atoms with E-state index in [1.165, 1.54) is 0 Å². The minimum Gasteiger partial charge on any atom is -0.482 e. The number of amides is 1. The summed E-state index contributed by atoms with van der Waals surface area (Å²) < 4.78 is 5.30. The van der Waals surface area contributed by atoms with Crippen LogP contribution in [0.4, 0.5) is 17.1 Å². The summed E-state index contributed by atoms with van der Waals surface area (Å²) in [7, 11) is 0. The lowest BCUT2D eigenvalue weighted by molar-refractivity contribution is -0.118. The molecule has 1 amide bonds. The number of benzene rings is 1. The van der Waals surface area contributed by atoms with Crippen LogP contribution in [-0.4, -0.2) is 30.8 Å². The van der Waals surface area contributed by atoms with E-state index >= 15 is 0 Å². The van der Waals surface area contributed by atoms with Gasteiger partial charge in [-0.25, -0.2) is 0 Å².